The van der Waals surface area contributed by atoms with Crippen LogP contribution in [0.3, 0.4) is 0 Å². The lowest BCUT2D eigenvalue weighted by Crippen LogP contribution is -2.11. The van der Waals surface area contributed by atoms with E-state index in [-0.39, 0.29) is 11.7 Å². The molecule has 22 heavy (non-hydrogen) atoms. The van der Waals surface area contributed by atoms with Crippen molar-refractivity contribution < 1.29 is 9.18 Å². The standard InChI is InChI=1S/C16H12ClFN2OS/c17-11-4-1-10(2-5-11)3-8-15(21)20-16-19-13-7-6-12(18)9-14(13)22-16/h1-2,4-7,9H,3,8H2,(H,19,20,21). The number of thiazole rings is 1. The van der Waals surface area contributed by atoms with Crippen LogP contribution in [0, 0.1) is 5.82 Å². The average Bonchev–Trinajstić information content (AvgIpc) is 2.88. The molecule has 1 heterocycles. The van der Waals surface area contributed by atoms with Crippen LogP contribution in [0.5, 0.6) is 0 Å². The van der Waals surface area contributed by atoms with Crippen molar-refractivity contribution in [3.8, 4) is 0 Å². The van der Waals surface area contributed by atoms with Crippen LogP contribution in [0.1, 0.15) is 12.0 Å². The lowest BCUT2D eigenvalue weighted by molar-refractivity contribution is -0.116. The molecule has 0 fully saturated rings. The van der Waals surface area contributed by atoms with Gasteiger partial charge in [0.1, 0.15) is 5.82 Å². The molecule has 0 atom stereocenters. The second-order valence-electron chi connectivity index (χ2n) is 4.81. The van der Waals surface area contributed by atoms with E-state index in [4.69, 9.17) is 11.6 Å². The van der Waals surface area contributed by atoms with Gasteiger partial charge in [0.25, 0.3) is 0 Å². The molecule has 1 aromatic heterocycles. The number of nitrogens with zero attached hydrogens (tertiary/aromatic N) is 1. The van der Waals surface area contributed by atoms with Crippen LogP contribution >= 0.6 is 22.9 Å². The third-order valence-electron chi connectivity index (χ3n) is 3.15. The van der Waals surface area contributed by atoms with Gasteiger partial charge in [-0.25, -0.2) is 9.37 Å². The van der Waals surface area contributed by atoms with Gasteiger partial charge in [-0.05, 0) is 42.3 Å². The van der Waals surface area contributed by atoms with Gasteiger partial charge in [0.05, 0.1) is 10.2 Å². The Morgan fingerprint density at radius 2 is 2.00 bits per heavy atom. The van der Waals surface area contributed by atoms with Crippen molar-refractivity contribution in [3.63, 3.8) is 0 Å². The van der Waals surface area contributed by atoms with E-state index in [0.717, 1.165) is 5.56 Å². The zero-order valence-electron chi connectivity index (χ0n) is 11.5. The number of hydrogen-bond donors (Lipinski definition) is 1. The van der Waals surface area contributed by atoms with E-state index in [2.05, 4.69) is 10.3 Å². The Morgan fingerprint density at radius 3 is 2.77 bits per heavy atom. The van der Waals surface area contributed by atoms with Crippen LogP contribution in [0.2, 0.25) is 5.02 Å². The van der Waals surface area contributed by atoms with Crippen LogP contribution in [-0.2, 0) is 11.2 Å². The Balaban J connectivity index is 1.61. The molecule has 1 N–H and O–H groups in total. The van der Waals surface area contributed by atoms with E-state index in [1.54, 1.807) is 18.2 Å². The Morgan fingerprint density at radius 1 is 1.23 bits per heavy atom. The van der Waals surface area contributed by atoms with E-state index in [0.29, 0.717) is 33.2 Å². The van der Waals surface area contributed by atoms with Crippen molar-refractivity contribution in [1.29, 1.82) is 0 Å². The van der Waals surface area contributed by atoms with Gasteiger partial charge >= 0.3 is 0 Å². The molecule has 0 bridgehead atoms. The first kappa shape index (κ1) is 14.9. The third kappa shape index (κ3) is 3.61. The number of carbonyl (C=O) groups excluding carboxylic acids is 1. The van der Waals surface area contributed by atoms with Gasteiger partial charge in [-0.1, -0.05) is 35.1 Å². The van der Waals surface area contributed by atoms with E-state index < -0.39 is 0 Å². The number of aromatic nitrogens is 1. The summed E-state index contributed by atoms with van der Waals surface area (Å²) in [5, 5.41) is 3.92. The van der Waals surface area contributed by atoms with E-state index in [1.165, 1.54) is 23.5 Å². The number of aryl methyl sites for hydroxylation is 1. The highest BCUT2D eigenvalue weighted by atomic mass is 35.5. The second kappa shape index (κ2) is 6.42. The molecule has 3 rings (SSSR count). The molecule has 2 aromatic carbocycles. The number of nitrogens with one attached hydrogen (secondary N) is 1. The van der Waals surface area contributed by atoms with Gasteiger partial charge in [-0.15, -0.1) is 0 Å². The number of amides is 1. The van der Waals surface area contributed by atoms with Crippen LogP contribution in [0.25, 0.3) is 10.2 Å². The highest BCUT2D eigenvalue weighted by molar-refractivity contribution is 7.22. The molecule has 3 nitrogen and oxygen atoms in total. The number of fused-ring (bicyclic) bond motifs is 1. The van der Waals surface area contributed by atoms with Crippen molar-refractivity contribution in [3.05, 3.63) is 58.9 Å². The first-order valence-corrected chi connectivity index (χ1v) is 7.90. The lowest BCUT2D eigenvalue weighted by atomic mass is 10.1. The molecular weight excluding hydrogens is 323 g/mol. The molecule has 0 spiro atoms. The average molecular weight is 335 g/mol. The molecule has 6 heteroatoms. The second-order valence-corrected chi connectivity index (χ2v) is 6.27. The van der Waals surface area contributed by atoms with Gasteiger partial charge in [-0.3, -0.25) is 4.79 Å². The maximum absolute atomic E-state index is 13.1. The predicted octanol–water partition coefficient (Wildman–Crippen LogP) is 4.66. The summed E-state index contributed by atoms with van der Waals surface area (Å²) in [6, 6.07) is 11.8. The van der Waals surface area contributed by atoms with Crippen molar-refractivity contribution in [2.45, 2.75) is 12.8 Å². The maximum Gasteiger partial charge on any atom is 0.226 e. The molecule has 0 saturated carbocycles. The first-order valence-electron chi connectivity index (χ1n) is 6.70. The normalized spacial score (nSPS) is 10.8. The van der Waals surface area contributed by atoms with Crippen molar-refractivity contribution in [2.75, 3.05) is 5.32 Å². The Labute approximate surface area is 135 Å². The fraction of sp³-hybridized carbons (Fsp3) is 0.125. The highest BCUT2D eigenvalue weighted by Gasteiger charge is 2.08. The lowest BCUT2D eigenvalue weighted by Gasteiger charge is -2.02. The number of benzene rings is 2. The molecule has 0 aliphatic rings. The number of anilines is 1. The monoisotopic (exact) mass is 334 g/mol. The summed E-state index contributed by atoms with van der Waals surface area (Å²) in [5.74, 6) is -0.425. The van der Waals surface area contributed by atoms with Crippen LogP contribution in [-0.4, -0.2) is 10.9 Å². The van der Waals surface area contributed by atoms with E-state index in [1.807, 2.05) is 12.1 Å². The van der Waals surface area contributed by atoms with Crippen molar-refractivity contribution in [1.82, 2.24) is 4.98 Å². The molecule has 0 saturated heterocycles. The smallest absolute Gasteiger partial charge is 0.226 e. The summed E-state index contributed by atoms with van der Waals surface area (Å²) in [5.41, 5.74) is 1.73. The minimum absolute atomic E-state index is 0.116. The van der Waals surface area contributed by atoms with Gasteiger partial charge in [0.2, 0.25) is 5.91 Å². The largest absolute Gasteiger partial charge is 0.302 e. The molecular formula is C16H12ClFN2OS. The number of halogens is 2. The SMILES string of the molecule is O=C(CCc1ccc(Cl)cc1)Nc1nc2ccc(F)cc2s1. The molecule has 3 aromatic rings. The Kier molecular flexibility index (Phi) is 4.36. The maximum atomic E-state index is 13.1. The number of carbonyl (C=O) groups is 1. The van der Waals surface area contributed by atoms with Gasteiger partial charge in [0.15, 0.2) is 5.13 Å². The highest BCUT2D eigenvalue weighted by Crippen LogP contribution is 2.26. The van der Waals surface area contributed by atoms with Gasteiger partial charge in [0, 0.05) is 11.4 Å². The molecule has 0 radical (unpaired) electrons. The minimum atomic E-state index is -0.309. The summed E-state index contributed by atoms with van der Waals surface area (Å²) < 4.78 is 13.8. The Hall–Kier alpha value is -1.98. The van der Waals surface area contributed by atoms with Gasteiger partial charge in [-0.2, -0.15) is 0 Å². The summed E-state index contributed by atoms with van der Waals surface area (Å²) >= 11 is 7.08. The van der Waals surface area contributed by atoms with Crippen LogP contribution in [0.4, 0.5) is 9.52 Å². The topological polar surface area (TPSA) is 42.0 Å². The number of rotatable bonds is 4. The zero-order chi connectivity index (χ0) is 15.5. The van der Waals surface area contributed by atoms with Crippen LogP contribution in [0.15, 0.2) is 42.5 Å². The molecule has 1 amide bonds. The summed E-state index contributed by atoms with van der Waals surface area (Å²) in [7, 11) is 0. The number of hydrogen-bond acceptors (Lipinski definition) is 3. The molecule has 112 valence electrons. The summed E-state index contributed by atoms with van der Waals surface area (Å²) in [6.07, 6.45) is 0.981. The molecule has 0 aliphatic carbocycles. The zero-order valence-corrected chi connectivity index (χ0v) is 13.0. The van der Waals surface area contributed by atoms with Crippen molar-refractivity contribution >= 4 is 44.2 Å². The fourth-order valence-corrected chi connectivity index (χ4v) is 3.08. The first-order chi connectivity index (χ1) is 10.6. The quantitative estimate of drug-likeness (QED) is 0.754. The minimum Gasteiger partial charge on any atom is -0.302 e. The summed E-state index contributed by atoms with van der Waals surface area (Å²) in [6.45, 7) is 0. The predicted molar refractivity (Wildman–Crippen MR) is 88.0 cm³/mol. The fourth-order valence-electron chi connectivity index (χ4n) is 2.04. The van der Waals surface area contributed by atoms with Crippen LogP contribution < -0.4 is 5.32 Å². The van der Waals surface area contributed by atoms with Crippen molar-refractivity contribution in [2.24, 2.45) is 0 Å². The van der Waals surface area contributed by atoms with E-state index in [9.17, 15) is 9.18 Å². The van der Waals surface area contributed by atoms with E-state index >= 15 is 0 Å². The van der Waals surface area contributed by atoms with Gasteiger partial charge < -0.3 is 5.32 Å². The third-order valence-corrected chi connectivity index (χ3v) is 4.34. The Bertz CT molecular complexity index is 817. The summed E-state index contributed by atoms with van der Waals surface area (Å²) in [4.78, 5) is 16.2. The molecule has 0 aliphatic heterocycles. The molecule has 0 unspecified atom stereocenters.